The Morgan fingerprint density at radius 3 is 2.56 bits per heavy atom. The fourth-order valence-electron chi connectivity index (χ4n) is 3.28. The molecule has 0 aliphatic carbocycles. The van der Waals surface area contributed by atoms with Crippen LogP contribution in [0.5, 0.6) is 0 Å². The molecule has 0 atom stereocenters. The Morgan fingerprint density at radius 2 is 1.89 bits per heavy atom. The molecule has 1 aromatic heterocycles. The van der Waals surface area contributed by atoms with Gasteiger partial charge >= 0.3 is 0 Å². The second-order valence-electron chi connectivity index (χ2n) is 7.38. The smallest absolute Gasteiger partial charge is 0.223 e. The number of carbonyl (C=O) groups excluding carboxylic acids is 1. The summed E-state index contributed by atoms with van der Waals surface area (Å²) < 4.78 is 0. The van der Waals surface area contributed by atoms with Crippen LogP contribution in [0.15, 0.2) is 30.3 Å². The van der Waals surface area contributed by atoms with Gasteiger partial charge in [-0.3, -0.25) is 4.79 Å². The number of amides is 1. The third kappa shape index (κ3) is 5.19. The van der Waals surface area contributed by atoms with E-state index in [4.69, 9.17) is 16.6 Å². The number of hydrogen-bond donors (Lipinski definition) is 0. The summed E-state index contributed by atoms with van der Waals surface area (Å²) in [7, 11) is 0. The molecule has 2 heterocycles. The molecule has 27 heavy (non-hydrogen) atoms. The molecule has 1 aliphatic heterocycles. The number of rotatable bonds is 5. The minimum absolute atomic E-state index is 0.205. The van der Waals surface area contributed by atoms with Crippen LogP contribution in [0.2, 0.25) is 5.02 Å². The molecule has 1 amide bonds. The molecule has 1 saturated heterocycles. The summed E-state index contributed by atoms with van der Waals surface area (Å²) >= 11 is 6.01. The lowest BCUT2D eigenvalue weighted by atomic mass is 10.1. The van der Waals surface area contributed by atoms with Crippen LogP contribution in [0.4, 0.5) is 5.82 Å². The van der Waals surface area contributed by atoms with Gasteiger partial charge < -0.3 is 9.80 Å². The van der Waals surface area contributed by atoms with Crippen molar-refractivity contribution in [3.05, 3.63) is 52.4 Å². The lowest BCUT2D eigenvalue weighted by molar-refractivity contribution is -0.131. The van der Waals surface area contributed by atoms with E-state index in [-0.39, 0.29) is 5.91 Å². The van der Waals surface area contributed by atoms with Gasteiger partial charge in [-0.1, -0.05) is 37.6 Å². The van der Waals surface area contributed by atoms with Gasteiger partial charge in [0.25, 0.3) is 0 Å². The maximum absolute atomic E-state index is 12.5. The first-order valence-corrected chi connectivity index (χ1v) is 9.93. The molecule has 1 aliphatic rings. The third-order valence-electron chi connectivity index (χ3n) is 4.85. The van der Waals surface area contributed by atoms with E-state index < -0.39 is 0 Å². The van der Waals surface area contributed by atoms with Crippen molar-refractivity contribution in [1.82, 2.24) is 14.9 Å². The fourth-order valence-corrected chi connectivity index (χ4v) is 3.49. The van der Waals surface area contributed by atoms with Crippen LogP contribution in [0.1, 0.15) is 43.3 Å². The van der Waals surface area contributed by atoms with E-state index in [0.717, 1.165) is 60.5 Å². The van der Waals surface area contributed by atoms with Crippen molar-refractivity contribution in [1.29, 1.82) is 0 Å². The van der Waals surface area contributed by atoms with Crippen molar-refractivity contribution in [2.75, 3.05) is 31.1 Å². The molecule has 0 N–H and O–H groups in total. The number of benzene rings is 1. The van der Waals surface area contributed by atoms with Crippen molar-refractivity contribution < 1.29 is 4.79 Å². The molecule has 0 unspecified atom stereocenters. The summed E-state index contributed by atoms with van der Waals surface area (Å²) in [6.45, 7) is 9.29. The van der Waals surface area contributed by atoms with Gasteiger partial charge in [0.2, 0.25) is 5.91 Å². The van der Waals surface area contributed by atoms with Crippen LogP contribution in [0, 0.1) is 6.92 Å². The van der Waals surface area contributed by atoms with Crippen LogP contribution in [0.3, 0.4) is 0 Å². The van der Waals surface area contributed by atoms with Gasteiger partial charge in [0.1, 0.15) is 11.6 Å². The Kier molecular flexibility index (Phi) is 6.32. The Labute approximate surface area is 166 Å². The molecule has 0 spiro atoms. The molecule has 3 rings (SSSR count). The molecule has 0 saturated carbocycles. The topological polar surface area (TPSA) is 49.3 Å². The molecule has 5 nitrogen and oxygen atoms in total. The number of anilines is 1. The monoisotopic (exact) mass is 386 g/mol. The van der Waals surface area contributed by atoms with Crippen molar-refractivity contribution >= 4 is 23.3 Å². The summed E-state index contributed by atoms with van der Waals surface area (Å²) in [6, 6.07) is 9.75. The fraction of sp³-hybridized carbons (Fsp3) is 0.476. The average Bonchev–Trinajstić information content (AvgIpc) is 2.66. The summed E-state index contributed by atoms with van der Waals surface area (Å²) in [5.74, 6) is 2.36. The molecule has 0 bridgehead atoms. The standard InChI is InChI=1S/C21H27ClN4O/c1-15(2)21-23-16(3)13-19(24-21)25-9-11-26(12-10-25)20(27)8-7-17-5-4-6-18(22)14-17/h4-6,13-15H,7-12H2,1-3H3. The van der Waals surface area contributed by atoms with Gasteiger partial charge in [-0.25, -0.2) is 9.97 Å². The maximum Gasteiger partial charge on any atom is 0.223 e. The summed E-state index contributed by atoms with van der Waals surface area (Å²) in [6.07, 6.45) is 1.24. The van der Waals surface area contributed by atoms with Crippen molar-refractivity contribution in [2.45, 2.75) is 39.5 Å². The Bertz CT molecular complexity index is 801. The largest absolute Gasteiger partial charge is 0.353 e. The summed E-state index contributed by atoms with van der Waals surface area (Å²) in [5.41, 5.74) is 2.09. The first-order valence-electron chi connectivity index (χ1n) is 9.55. The predicted octanol–water partition coefficient (Wildman–Crippen LogP) is 3.84. The van der Waals surface area contributed by atoms with E-state index >= 15 is 0 Å². The zero-order valence-electron chi connectivity index (χ0n) is 16.3. The van der Waals surface area contributed by atoms with Gasteiger partial charge in [-0.2, -0.15) is 0 Å². The zero-order chi connectivity index (χ0) is 19.4. The summed E-state index contributed by atoms with van der Waals surface area (Å²) in [4.78, 5) is 26.0. The van der Waals surface area contributed by atoms with E-state index in [2.05, 4.69) is 23.7 Å². The van der Waals surface area contributed by atoms with E-state index in [0.29, 0.717) is 12.3 Å². The highest BCUT2D eigenvalue weighted by Crippen LogP contribution is 2.19. The van der Waals surface area contributed by atoms with Crippen LogP contribution in [-0.4, -0.2) is 47.0 Å². The molecule has 0 radical (unpaired) electrons. The van der Waals surface area contributed by atoms with Crippen LogP contribution >= 0.6 is 11.6 Å². The molecule has 2 aromatic rings. The van der Waals surface area contributed by atoms with Crippen LogP contribution < -0.4 is 4.90 Å². The van der Waals surface area contributed by atoms with E-state index in [9.17, 15) is 4.79 Å². The third-order valence-corrected chi connectivity index (χ3v) is 5.08. The molecule has 6 heteroatoms. The number of carbonyl (C=O) groups is 1. The molecular weight excluding hydrogens is 360 g/mol. The Morgan fingerprint density at radius 1 is 1.15 bits per heavy atom. The van der Waals surface area contributed by atoms with Gasteiger partial charge in [-0.15, -0.1) is 0 Å². The second kappa shape index (κ2) is 8.70. The quantitative estimate of drug-likeness (QED) is 0.783. The van der Waals surface area contributed by atoms with Gasteiger partial charge in [0.05, 0.1) is 0 Å². The highest BCUT2D eigenvalue weighted by Gasteiger charge is 2.22. The van der Waals surface area contributed by atoms with Gasteiger partial charge in [0.15, 0.2) is 0 Å². The zero-order valence-corrected chi connectivity index (χ0v) is 17.0. The lowest BCUT2D eigenvalue weighted by Gasteiger charge is -2.35. The number of nitrogens with zero attached hydrogens (tertiary/aromatic N) is 4. The normalized spacial score (nSPS) is 14.7. The Hall–Kier alpha value is -2.14. The molecular formula is C21H27ClN4O. The number of halogens is 1. The first kappa shape index (κ1) is 19.6. The number of piperazine rings is 1. The number of hydrogen-bond acceptors (Lipinski definition) is 4. The van der Waals surface area contributed by atoms with Crippen LogP contribution in [0.25, 0.3) is 0 Å². The van der Waals surface area contributed by atoms with E-state index in [1.807, 2.05) is 42.2 Å². The van der Waals surface area contributed by atoms with Gasteiger partial charge in [-0.05, 0) is 31.0 Å². The predicted molar refractivity (Wildman–Crippen MR) is 109 cm³/mol. The molecule has 1 fully saturated rings. The highest BCUT2D eigenvalue weighted by atomic mass is 35.5. The van der Waals surface area contributed by atoms with Crippen molar-refractivity contribution in [3.63, 3.8) is 0 Å². The second-order valence-corrected chi connectivity index (χ2v) is 7.81. The lowest BCUT2D eigenvalue weighted by Crippen LogP contribution is -2.49. The minimum Gasteiger partial charge on any atom is -0.353 e. The highest BCUT2D eigenvalue weighted by molar-refractivity contribution is 6.30. The average molecular weight is 387 g/mol. The van der Waals surface area contributed by atoms with Crippen molar-refractivity contribution in [2.24, 2.45) is 0 Å². The number of aryl methyl sites for hydroxylation is 2. The maximum atomic E-state index is 12.5. The van der Waals surface area contributed by atoms with E-state index in [1.165, 1.54) is 0 Å². The summed E-state index contributed by atoms with van der Waals surface area (Å²) in [5, 5.41) is 0.717. The van der Waals surface area contributed by atoms with Crippen molar-refractivity contribution in [3.8, 4) is 0 Å². The van der Waals surface area contributed by atoms with Crippen LogP contribution in [-0.2, 0) is 11.2 Å². The molecule has 1 aromatic carbocycles. The first-order chi connectivity index (χ1) is 12.9. The number of aromatic nitrogens is 2. The Balaban J connectivity index is 1.55. The minimum atomic E-state index is 0.205. The van der Waals surface area contributed by atoms with Gasteiger partial charge in [0, 0.05) is 55.3 Å². The molecule has 144 valence electrons. The SMILES string of the molecule is Cc1cc(N2CCN(C(=O)CCc3cccc(Cl)c3)CC2)nc(C(C)C)n1. The van der Waals surface area contributed by atoms with E-state index in [1.54, 1.807) is 0 Å².